The quantitative estimate of drug-likeness (QED) is 0.503. The maximum absolute atomic E-state index is 13.1. The van der Waals surface area contributed by atoms with Crippen LogP contribution in [0.15, 0.2) is 72.8 Å². The molecule has 1 atom stereocenters. The van der Waals surface area contributed by atoms with Crippen molar-refractivity contribution in [1.82, 2.24) is 9.88 Å². The number of benzene rings is 3. The summed E-state index contributed by atoms with van der Waals surface area (Å²) < 4.78 is 0. The first kappa shape index (κ1) is 18.0. The van der Waals surface area contributed by atoms with E-state index in [2.05, 4.69) is 11.1 Å². The van der Waals surface area contributed by atoms with E-state index in [0.717, 1.165) is 33.3 Å². The molecule has 0 fully saturated rings. The number of nitrogens with zero attached hydrogens (tertiary/aromatic N) is 1. The molecule has 5 rings (SSSR count). The van der Waals surface area contributed by atoms with Crippen LogP contribution in [0.3, 0.4) is 0 Å². The summed E-state index contributed by atoms with van der Waals surface area (Å²) in [6, 6.07) is 23.2. The lowest BCUT2D eigenvalue weighted by atomic mass is 9.93. The third-order valence-corrected chi connectivity index (χ3v) is 5.80. The number of carbonyl (C=O) groups is 1. The van der Waals surface area contributed by atoms with Crippen LogP contribution in [0.5, 0.6) is 0 Å². The molecule has 3 aromatic carbocycles. The van der Waals surface area contributed by atoms with Gasteiger partial charge in [-0.15, -0.1) is 0 Å². The van der Waals surface area contributed by atoms with Gasteiger partial charge in [-0.2, -0.15) is 0 Å². The lowest BCUT2D eigenvalue weighted by Gasteiger charge is -2.26. The molecule has 0 saturated carbocycles. The van der Waals surface area contributed by atoms with Crippen molar-refractivity contribution in [3.8, 4) is 11.3 Å². The molecule has 1 aromatic heterocycles. The van der Waals surface area contributed by atoms with Crippen molar-refractivity contribution in [2.24, 2.45) is 0 Å². The Bertz CT molecular complexity index is 1210. The Labute approximate surface area is 173 Å². The van der Waals surface area contributed by atoms with Gasteiger partial charge < -0.3 is 15.0 Å². The summed E-state index contributed by atoms with van der Waals surface area (Å²) in [5.74, 6) is -0.0491. The van der Waals surface area contributed by atoms with Crippen LogP contribution in [0.25, 0.3) is 22.2 Å². The number of rotatable bonds is 4. The van der Waals surface area contributed by atoms with Gasteiger partial charge in [0.05, 0.1) is 18.3 Å². The summed E-state index contributed by atoms with van der Waals surface area (Å²) in [6.45, 7) is 0.187. The van der Waals surface area contributed by atoms with Crippen molar-refractivity contribution in [3.63, 3.8) is 0 Å². The number of amides is 1. The number of β-amino-alcohol motifs (C(OH)–C–C–N with tert-alkyl or cyclic N) is 1. The number of nitrogens with one attached hydrogen (secondary N) is 1. The van der Waals surface area contributed by atoms with E-state index in [9.17, 15) is 9.90 Å². The predicted molar refractivity (Wildman–Crippen MR) is 115 cm³/mol. The number of hydrogen-bond acceptors (Lipinski definition) is 2. The number of aliphatic hydroxyl groups is 1. The molecule has 144 valence electrons. The van der Waals surface area contributed by atoms with Gasteiger partial charge in [-0.05, 0) is 35.4 Å². The van der Waals surface area contributed by atoms with Crippen molar-refractivity contribution in [2.45, 2.75) is 6.04 Å². The molecule has 5 heteroatoms. The summed E-state index contributed by atoms with van der Waals surface area (Å²) in [6.07, 6.45) is 0. The van der Waals surface area contributed by atoms with Gasteiger partial charge >= 0.3 is 0 Å². The molecule has 0 unspecified atom stereocenters. The summed E-state index contributed by atoms with van der Waals surface area (Å²) in [7, 11) is 0. The first-order valence-corrected chi connectivity index (χ1v) is 9.94. The summed E-state index contributed by atoms with van der Waals surface area (Å²) >= 11 is 6.10. The second kappa shape index (κ2) is 7.07. The molecule has 0 bridgehead atoms. The minimum absolute atomic E-state index is 0.0491. The zero-order valence-electron chi connectivity index (χ0n) is 15.6. The fourth-order valence-electron chi connectivity index (χ4n) is 4.31. The largest absolute Gasteiger partial charge is 0.395 e. The lowest BCUT2D eigenvalue weighted by Crippen LogP contribution is -2.31. The fourth-order valence-corrected chi connectivity index (χ4v) is 4.44. The first-order chi connectivity index (χ1) is 14.2. The minimum atomic E-state index is -0.271. The molecule has 0 saturated heterocycles. The molecule has 29 heavy (non-hydrogen) atoms. The van der Waals surface area contributed by atoms with Gasteiger partial charge in [0.1, 0.15) is 0 Å². The number of carbonyl (C=O) groups excluding carboxylic acids is 1. The van der Waals surface area contributed by atoms with E-state index in [1.54, 1.807) is 4.90 Å². The van der Waals surface area contributed by atoms with Gasteiger partial charge in [0.25, 0.3) is 5.91 Å². The number of aromatic amines is 1. The van der Waals surface area contributed by atoms with Crippen LogP contribution in [0.4, 0.5) is 0 Å². The van der Waals surface area contributed by atoms with Gasteiger partial charge in [-0.1, -0.05) is 60.1 Å². The highest BCUT2D eigenvalue weighted by Crippen LogP contribution is 2.45. The second-order valence-corrected chi connectivity index (χ2v) is 7.61. The maximum Gasteiger partial charge on any atom is 0.255 e. The number of aromatic nitrogens is 1. The topological polar surface area (TPSA) is 56.3 Å². The Hall–Kier alpha value is -3.08. The molecule has 0 radical (unpaired) electrons. The molecule has 4 aromatic rings. The SMILES string of the molecule is O=C1c2ccccc2[C@@H](c2c(-c3ccc(Cl)cc3)[nH]c3ccccc23)N1CCO. The number of aliphatic hydroxyl groups excluding tert-OH is 1. The Morgan fingerprint density at radius 2 is 1.69 bits per heavy atom. The molecule has 1 aliphatic rings. The Balaban J connectivity index is 1.80. The standard InChI is InChI=1S/C24H19ClN2O2/c25-16-11-9-15(10-12-16)22-21(19-7-3-4-8-20(19)26-22)23-17-5-1-2-6-18(17)24(29)27(23)13-14-28/h1-12,23,26,28H,13-14H2/t23-/m0/s1. The van der Waals surface area contributed by atoms with Crippen LogP contribution >= 0.6 is 11.6 Å². The molecule has 1 amide bonds. The number of para-hydroxylation sites is 1. The second-order valence-electron chi connectivity index (χ2n) is 7.18. The summed E-state index contributed by atoms with van der Waals surface area (Å²) in [5.41, 5.74) is 5.66. The molecule has 4 nitrogen and oxygen atoms in total. The Morgan fingerprint density at radius 1 is 0.966 bits per heavy atom. The fraction of sp³-hybridized carbons (Fsp3) is 0.125. The number of hydrogen-bond donors (Lipinski definition) is 2. The third kappa shape index (κ3) is 2.84. The van der Waals surface area contributed by atoms with E-state index >= 15 is 0 Å². The molecule has 2 heterocycles. The zero-order valence-corrected chi connectivity index (χ0v) is 16.4. The average molecular weight is 403 g/mol. The van der Waals surface area contributed by atoms with Gasteiger partial charge in [-0.3, -0.25) is 4.79 Å². The van der Waals surface area contributed by atoms with Crippen molar-refractivity contribution in [2.75, 3.05) is 13.2 Å². The zero-order chi connectivity index (χ0) is 20.0. The van der Waals surface area contributed by atoms with Gasteiger partial charge in [0, 0.05) is 33.6 Å². The van der Waals surface area contributed by atoms with Crippen molar-refractivity contribution in [1.29, 1.82) is 0 Å². The number of H-pyrrole nitrogens is 1. The third-order valence-electron chi connectivity index (χ3n) is 5.55. The van der Waals surface area contributed by atoms with Crippen LogP contribution in [0.2, 0.25) is 5.02 Å². The summed E-state index contributed by atoms with van der Waals surface area (Å²) in [5, 5.41) is 11.4. The molecule has 0 spiro atoms. The van der Waals surface area contributed by atoms with Gasteiger partial charge in [0.2, 0.25) is 0 Å². The van der Waals surface area contributed by atoms with Crippen molar-refractivity contribution >= 4 is 28.4 Å². The van der Waals surface area contributed by atoms with E-state index in [1.165, 1.54) is 0 Å². The van der Waals surface area contributed by atoms with Crippen LogP contribution in [-0.4, -0.2) is 34.0 Å². The molecule has 0 aliphatic carbocycles. The highest BCUT2D eigenvalue weighted by atomic mass is 35.5. The lowest BCUT2D eigenvalue weighted by molar-refractivity contribution is 0.0713. The van der Waals surface area contributed by atoms with E-state index in [1.807, 2.05) is 66.7 Å². The maximum atomic E-state index is 13.1. The first-order valence-electron chi connectivity index (χ1n) is 9.56. The van der Waals surface area contributed by atoms with Gasteiger partial charge in [0.15, 0.2) is 0 Å². The van der Waals surface area contributed by atoms with Crippen molar-refractivity contribution in [3.05, 3.63) is 94.5 Å². The normalized spacial score (nSPS) is 15.9. The van der Waals surface area contributed by atoms with E-state index < -0.39 is 0 Å². The Kier molecular flexibility index (Phi) is 4.38. The minimum Gasteiger partial charge on any atom is -0.395 e. The van der Waals surface area contributed by atoms with Crippen LogP contribution < -0.4 is 0 Å². The Morgan fingerprint density at radius 3 is 2.48 bits per heavy atom. The molecule has 2 N–H and O–H groups in total. The molecular formula is C24H19ClN2O2. The van der Waals surface area contributed by atoms with Crippen LogP contribution in [0.1, 0.15) is 27.5 Å². The summed E-state index contributed by atoms with van der Waals surface area (Å²) in [4.78, 5) is 18.4. The predicted octanol–water partition coefficient (Wildman–Crippen LogP) is 5.03. The number of halogens is 1. The molecule has 1 aliphatic heterocycles. The smallest absolute Gasteiger partial charge is 0.255 e. The number of fused-ring (bicyclic) bond motifs is 2. The highest BCUT2D eigenvalue weighted by Gasteiger charge is 2.39. The van der Waals surface area contributed by atoms with Crippen molar-refractivity contribution < 1.29 is 9.90 Å². The van der Waals surface area contributed by atoms with Crippen LogP contribution in [0, 0.1) is 0 Å². The van der Waals surface area contributed by atoms with E-state index in [0.29, 0.717) is 10.6 Å². The molecular weight excluding hydrogens is 384 g/mol. The van der Waals surface area contributed by atoms with Gasteiger partial charge in [-0.25, -0.2) is 0 Å². The van der Waals surface area contributed by atoms with E-state index in [4.69, 9.17) is 11.6 Å². The average Bonchev–Trinajstić information content (AvgIpc) is 3.25. The van der Waals surface area contributed by atoms with E-state index in [-0.39, 0.29) is 25.1 Å². The highest BCUT2D eigenvalue weighted by molar-refractivity contribution is 6.30. The monoisotopic (exact) mass is 402 g/mol. The van der Waals surface area contributed by atoms with Crippen LogP contribution in [-0.2, 0) is 0 Å².